The largest absolute Gasteiger partial charge is 0.496 e. The van der Waals surface area contributed by atoms with E-state index in [4.69, 9.17) is 9.47 Å². The molecular weight excluding hydrogens is 326 g/mol. The molecule has 0 atom stereocenters. The van der Waals surface area contributed by atoms with Crippen LogP contribution in [0, 0.1) is 5.92 Å². The third kappa shape index (κ3) is 3.70. The lowest BCUT2D eigenvalue weighted by Gasteiger charge is -2.38. The van der Waals surface area contributed by atoms with Gasteiger partial charge in [-0.25, -0.2) is 0 Å². The molecule has 0 saturated heterocycles. The first-order valence-corrected chi connectivity index (χ1v) is 9.61. The number of carbonyl (C=O) groups excluding carboxylic acids is 1. The van der Waals surface area contributed by atoms with E-state index in [2.05, 4.69) is 19.2 Å². The maximum absolute atomic E-state index is 13.2. The minimum atomic E-state index is -0.705. The number of amides is 1. The Labute approximate surface area is 155 Å². The smallest absolute Gasteiger partial charge is 0.256 e. The van der Waals surface area contributed by atoms with Gasteiger partial charge >= 0.3 is 0 Å². The summed E-state index contributed by atoms with van der Waals surface area (Å²) in [5.74, 6) is 1.44. The normalized spacial score (nSPS) is 23.0. The highest BCUT2D eigenvalue weighted by Crippen LogP contribution is 2.37. The van der Waals surface area contributed by atoms with Crippen LogP contribution in [0.1, 0.15) is 46.0 Å². The van der Waals surface area contributed by atoms with Gasteiger partial charge in [-0.2, -0.15) is 0 Å². The van der Waals surface area contributed by atoms with Crippen LogP contribution in [0.25, 0.3) is 10.8 Å². The molecule has 3 rings (SSSR count). The molecule has 1 aliphatic rings. The fourth-order valence-corrected chi connectivity index (χ4v) is 3.76. The van der Waals surface area contributed by atoms with Crippen molar-refractivity contribution in [1.82, 2.24) is 0 Å². The van der Waals surface area contributed by atoms with Gasteiger partial charge in [0.25, 0.3) is 5.91 Å². The molecule has 2 aromatic carbocycles. The van der Waals surface area contributed by atoms with Gasteiger partial charge in [0, 0.05) is 23.1 Å². The van der Waals surface area contributed by atoms with Gasteiger partial charge in [-0.1, -0.05) is 38.1 Å². The monoisotopic (exact) mass is 355 g/mol. The van der Waals surface area contributed by atoms with Gasteiger partial charge in [0.2, 0.25) is 0 Å². The van der Waals surface area contributed by atoms with Crippen LogP contribution in [0.3, 0.4) is 0 Å². The minimum Gasteiger partial charge on any atom is -0.496 e. The number of ether oxygens (including phenoxy) is 2. The van der Waals surface area contributed by atoms with Crippen LogP contribution < -0.4 is 10.1 Å². The lowest BCUT2D eigenvalue weighted by Crippen LogP contribution is -2.48. The van der Waals surface area contributed by atoms with Crippen LogP contribution in [-0.2, 0) is 9.53 Å². The maximum atomic E-state index is 13.2. The first kappa shape index (κ1) is 18.7. The lowest BCUT2D eigenvalue weighted by molar-refractivity contribution is -0.147. The summed E-state index contributed by atoms with van der Waals surface area (Å²) in [6.07, 6.45) is 4.54. The average Bonchev–Trinajstić information content (AvgIpc) is 2.68. The second-order valence-corrected chi connectivity index (χ2v) is 7.34. The third-order valence-corrected chi connectivity index (χ3v) is 5.43. The zero-order valence-corrected chi connectivity index (χ0v) is 16.0. The molecule has 0 aromatic heterocycles. The van der Waals surface area contributed by atoms with E-state index in [0.29, 0.717) is 12.5 Å². The summed E-state index contributed by atoms with van der Waals surface area (Å²) in [4.78, 5) is 13.2. The van der Waals surface area contributed by atoms with Crippen LogP contribution in [0.5, 0.6) is 5.75 Å². The highest BCUT2D eigenvalue weighted by atomic mass is 16.5. The van der Waals surface area contributed by atoms with Gasteiger partial charge in [0.1, 0.15) is 11.4 Å². The minimum absolute atomic E-state index is 0.0202. The summed E-state index contributed by atoms with van der Waals surface area (Å²) in [7, 11) is 1.66. The first-order valence-electron chi connectivity index (χ1n) is 9.61. The fraction of sp³-hybridized carbons (Fsp3) is 0.500. The molecule has 0 heterocycles. The van der Waals surface area contributed by atoms with E-state index in [1.165, 1.54) is 0 Å². The average molecular weight is 355 g/mol. The van der Waals surface area contributed by atoms with Gasteiger partial charge in [-0.15, -0.1) is 0 Å². The quantitative estimate of drug-likeness (QED) is 0.778. The third-order valence-electron chi connectivity index (χ3n) is 5.43. The van der Waals surface area contributed by atoms with Crippen molar-refractivity contribution in [3.63, 3.8) is 0 Å². The van der Waals surface area contributed by atoms with Crippen molar-refractivity contribution in [3.05, 3.63) is 36.4 Å². The predicted molar refractivity (Wildman–Crippen MR) is 106 cm³/mol. The van der Waals surface area contributed by atoms with Crippen molar-refractivity contribution in [3.8, 4) is 5.75 Å². The number of fused-ring (bicyclic) bond motifs is 1. The SMILES string of the molecule is CCCOC1(C(=O)Nc2ccc(OC)c3ccccc23)CCC(C)CC1. The zero-order valence-electron chi connectivity index (χ0n) is 16.0. The Bertz CT molecular complexity index is 758. The summed E-state index contributed by atoms with van der Waals surface area (Å²) >= 11 is 0. The molecule has 1 amide bonds. The molecule has 140 valence electrons. The second kappa shape index (κ2) is 8.09. The summed E-state index contributed by atoms with van der Waals surface area (Å²) in [5.41, 5.74) is 0.105. The number of benzene rings is 2. The van der Waals surface area contributed by atoms with Crippen LogP contribution in [0.2, 0.25) is 0 Å². The van der Waals surface area contributed by atoms with Crippen molar-refractivity contribution in [2.45, 2.75) is 51.6 Å². The zero-order chi connectivity index (χ0) is 18.6. The van der Waals surface area contributed by atoms with Crippen molar-refractivity contribution in [1.29, 1.82) is 0 Å². The molecule has 4 heteroatoms. The molecule has 1 saturated carbocycles. The molecule has 1 N–H and O–H groups in total. The van der Waals surface area contributed by atoms with E-state index >= 15 is 0 Å². The number of hydrogen-bond donors (Lipinski definition) is 1. The number of hydrogen-bond acceptors (Lipinski definition) is 3. The summed E-state index contributed by atoms with van der Waals surface area (Å²) in [6, 6.07) is 11.8. The van der Waals surface area contributed by atoms with Gasteiger partial charge in [0.15, 0.2) is 0 Å². The molecule has 2 aromatic rings. The van der Waals surface area contributed by atoms with Gasteiger partial charge < -0.3 is 14.8 Å². The summed E-state index contributed by atoms with van der Waals surface area (Å²) < 4.78 is 11.6. The Morgan fingerprint density at radius 3 is 2.50 bits per heavy atom. The fourth-order valence-electron chi connectivity index (χ4n) is 3.76. The van der Waals surface area contributed by atoms with Crippen molar-refractivity contribution in [2.24, 2.45) is 5.92 Å². The summed E-state index contributed by atoms with van der Waals surface area (Å²) in [5, 5.41) is 5.13. The second-order valence-electron chi connectivity index (χ2n) is 7.34. The molecule has 26 heavy (non-hydrogen) atoms. The Hall–Kier alpha value is -2.07. The standard InChI is InChI=1S/C22H29NO3/c1-4-15-26-22(13-11-16(2)12-14-22)21(24)23-19-9-10-20(25-3)18-8-6-5-7-17(18)19/h5-10,16H,4,11-15H2,1-3H3,(H,23,24). The van der Waals surface area contributed by atoms with Gasteiger partial charge in [-0.3, -0.25) is 4.79 Å². The number of nitrogens with one attached hydrogen (secondary N) is 1. The Morgan fingerprint density at radius 1 is 1.15 bits per heavy atom. The van der Waals surface area contributed by atoms with Crippen molar-refractivity contribution < 1.29 is 14.3 Å². The van der Waals surface area contributed by atoms with Crippen molar-refractivity contribution in [2.75, 3.05) is 19.0 Å². The maximum Gasteiger partial charge on any atom is 0.256 e. The van der Waals surface area contributed by atoms with E-state index in [1.54, 1.807) is 7.11 Å². The topological polar surface area (TPSA) is 47.6 Å². The van der Waals surface area contributed by atoms with E-state index in [9.17, 15) is 4.79 Å². The highest BCUT2D eigenvalue weighted by Gasteiger charge is 2.42. The Kier molecular flexibility index (Phi) is 5.82. The Balaban J connectivity index is 1.89. The number of rotatable bonds is 6. The van der Waals surface area contributed by atoms with Crippen molar-refractivity contribution >= 4 is 22.4 Å². The Morgan fingerprint density at radius 2 is 1.85 bits per heavy atom. The molecule has 0 spiro atoms. The molecule has 0 radical (unpaired) electrons. The molecule has 0 aliphatic heterocycles. The van der Waals surface area contributed by atoms with E-state index in [-0.39, 0.29) is 5.91 Å². The molecule has 0 unspecified atom stereocenters. The first-order chi connectivity index (χ1) is 12.6. The number of carbonyl (C=O) groups is 1. The molecule has 1 aliphatic carbocycles. The molecule has 0 bridgehead atoms. The number of anilines is 1. The van der Waals surface area contributed by atoms with Crippen LogP contribution in [0.4, 0.5) is 5.69 Å². The summed E-state index contributed by atoms with van der Waals surface area (Å²) in [6.45, 7) is 4.94. The van der Waals surface area contributed by atoms with Gasteiger partial charge in [-0.05, 0) is 50.2 Å². The van der Waals surface area contributed by atoms with Gasteiger partial charge in [0.05, 0.1) is 7.11 Å². The molecule has 4 nitrogen and oxygen atoms in total. The number of methoxy groups -OCH3 is 1. The van der Waals surface area contributed by atoms with E-state index in [0.717, 1.165) is 54.3 Å². The lowest BCUT2D eigenvalue weighted by atomic mass is 9.78. The molecule has 1 fully saturated rings. The molecular formula is C22H29NO3. The van der Waals surface area contributed by atoms with E-state index < -0.39 is 5.60 Å². The highest BCUT2D eigenvalue weighted by molar-refractivity contribution is 6.06. The van der Waals surface area contributed by atoms with Crippen LogP contribution >= 0.6 is 0 Å². The predicted octanol–water partition coefficient (Wildman–Crippen LogP) is 5.16. The van der Waals surface area contributed by atoms with Crippen LogP contribution in [0.15, 0.2) is 36.4 Å². The van der Waals surface area contributed by atoms with Crippen LogP contribution in [-0.4, -0.2) is 25.2 Å². The van der Waals surface area contributed by atoms with E-state index in [1.807, 2.05) is 36.4 Å².